The van der Waals surface area contributed by atoms with E-state index in [9.17, 15) is 13.2 Å². The third kappa shape index (κ3) is 4.06. The zero-order valence-electron chi connectivity index (χ0n) is 15.9. The van der Waals surface area contributed by atoms with E-state index in [1.165, 1.54) is 26.0 Å². The maximum absolute atomic E-state index is 12.7. The predicted octanol–water partition coefficient (Wildman–Crippen LogP) is 2.71. The van der Waals surface area contributed by atoms with Crippen LogP contribution >= 0.6 is 0 Å². The van der Waals surface area contributed by atoms with Crippen LogP contribution in [0, 0.1) is 6.92 Å². The van der Waals surface area contributed by atoms with Crippen molar-refractivity contribution in [1.82, 2.24) is 19.8 Å². The molecule has 1 amide bonds. The Morgan fingerprint density at radius 2 is 2.00 bits per heavy atom. The lowest BCUT2D eigenvalue weighted by Crippen LogP contribution is -2.27. The Morgan fingerprint density at radius 1 is 1.30 bits per heavy atom. The molecule has 1 heterocycles. The average molecular weight is 391 g/mol. The Labute approximate surface area is 160 Å². The first kappa shape index (κ1) is 19.6. The van der Waals surface area contributed by atoms with Crippen molar-refractivity contribution in [3.63, 3.8) is 0 Å². The van der Waals surface area contributed by atoms with E-state index in [1.807, 2.05) is 18.5 Å². The van der Waals surface area contributed by atoms with Gasteiger partial charge in [-0.1, -0.05) is 25.0 Å². The number of carbonyl (C=O) groups is 1. The maximum atomic E-state index is 12.7. The number of hydrogen-bond acceptors (Lipinski definition) is 4. The fourth-order valence-electron chi connectivity index (χ4n) is 3.59. The summed E-state index contributed by atoms with van der Waals surface area (Å²) < 4.78 is 28.2. The van der Waals surface area contributed by atoms with Gasteiger partial charge in [0.1, 0.15) is 0 Å². The molecule has 1 atom stereocenters. The molecule has 7 nitrogen and oxygen atoms in total. The summed E-state index contributed by atoms with van der Waals surface area (Å²) in [6, 6.07) is 6.62. The van der Waals surface area contributed by atoms with Crippen molar-refractivity contribution in [3.8, 4) is 0 Å². The van der Waals surface area contributed by atoms with E-state index >= 15 is 0 Å². The number of rotatable bonds is 6. The summed E-state index contributed by atoms with van der Waals surface area (Å²) in [5, 5.41) is 7.37. The van der Waals surface area contributed by atoms with Crippen LogP contribution in [0.4, 0.5) is 0 Å². The molecule has 0 saturated heterocycles. The molecule has 2 N–H and O–H groups in total. The third-order valence-corrected chi connectivity index (χ3v) is 6.66. The quantitative estimate of drug-likeness (QED) is 0.793. The summed E-state index contributed by atoms with van der Waals surface area (Å²) in [5.41, 5.74) is 2.16. The number of nitrogens with one attached hydrogen (secondary N) is 2. The van der Waals surface area contributed by atoms with Crippen LogP contribution in [0.2, 0.25) is 0 Å². The van der Waals surface area contributed by atoms with Gasteiger partial charge in [-0.2, -0.15) is 5.10 Å². The molecule has 1 aliphatic carbocycles. The predicted molar refractivity (Wildman–Crippen MR) is 103 cm³/mol. The van der Waals surface area contributed by atoms with Gasteiger partial charge in [-0.25, -0.2) is 13.1 Å². The van der Waals surface area contributed by atoms with Gasteiger partial charge in [-0.3, -0.25) is 9.48 Å². The molecular formula is C19H26N4O3S. The average Bonchev–Trinajstić information content (AvgIpc) is 3.31. The molecule has 2 aromatic rings. The van der Waals surface area contributed by atoms with Crippen molar-refractivity contribution in [2.24, 2.45) is 0 Å². The molecule has 0 bridgehead atoms. The number of carbonyl (C=O) groups excluding carboxylic acids is 1. The third-order valence-electron chi connectivity index (χ3n) is 5.24. The van der Waals surface area contributed by atoms with Crippen molar-refractivity contribution < 1.29 is 13.2 Å². The van der Waals surface area contributed by atoms with E-state index in [-0.39, 0.29) is 16.8 Å². The first-order valence-corrected chi connectivity index (χ1v) is 10.7. The fraction of sp³-hybridized carbons (Fsp3) is 0.474. The molecule has 1 aliphatic rings. The molecule has 0 aliphatic heterocycles. The van der Waals surface area contributed by atoms with Crippen LogP contribution in [0.15, 0.2) is 35.4 Å². The number of nitrogens with zero attached hydrogens (tertiary/aromatic N) is 2. The van der Waals surface area contributed by atoms with Crippen molar-refractivity contribution in [2.75, 3.05) is 7.05 Å². The number of benzene rings is 1. The lowest BCUT2D eigenvalue weighted by molar-refractivity contribution is 0.0939. The SMILES string of the molecule is CNS(=O)(=O)c1cccc(C(C)NC(=O)c2cnn(C3CCCC3)c2C)c1. The van der Waals surface area contributed by atoms with E-state index in [1.54, 1.807) is 24.4 Å². The lowest BCUT2D eigenvalue weighted by Gasteiger charge is -2.16. The zero-order chi connectivity index (χ0) is 19.6. The molecule has 3 rings (SSSR count). The summed E-state index contributed by atoms with van der Waals surface area (Å²) in [5.74, 6) is -0.203. The van der Waals surface area contributed by atoms with Gasteiger partial charge in [0, 0.05) is 5.69 Å². The van der Waals surface area contributed by atoms with Gasteiger partial charge in [0.05, 0.1) is 28.7 Å². The summed E-state index contributed by atoms with van der Waals surface area (Å²) >= 11 is 0. The molecule has 146 valence electrons. The molecule has 1 saturated carbocycles. The summed E-state index contributed by atoms with van der Waals surface area (Å²) in [6.45, 7) is 3.75. The molecule has 1 unspecified atom stereocenters. The van der Waals surface area contributed by atoms with Crippen LogP contribution < -0.4 is 10.0 Å². The second kappa shape index (κ2) is 7.82. The van der Waals surface area contributed by atoms with Gasteiger partial charge in [-0.05, 0) is 51.4 Å². The van der Waals surface area contributed by atoms with Crippen LogP contribution in [-0.2, 0) is 10.0 Å². The Hall–Kier alpha value is -2.19. The van der Waals surface area contributed by atoms with Gasteiger partial charge in [-0.15, -0.1) is 0 Å². The van der Waals surface area contributed by atoms with Gasteiger partial charge in [0.2, 0.25) is 10.0 Å². The van der Waals surface area contributed by atoms with Crippen LogP contribution in [-0.4, -0.2) is 31.2 Å². The molecule has 0 spiro atoms. The molecule has 8 heteroatoms. The molecule has 27 heavy (non-hydrogen) atoms. The van der Waals surface area contributed by atoms with Crippen LogP contribution in [0.5, 0.6) is 0 Å². The molecule has 1 aromatic carbocycles. The number of aromatic nitrogens is 2. The van der Waals surface area contributed by atoms with E-state index < -0.39 is 10.0 Å². The highest BCUT2D eigenvalue weighted by Gasteiger charge is 2.23. The highest BCUT2D eigenvalue weighted by Crippen LogP contribution is 2.30. The minimum Gasteiger partial charge on any atom is -0.345 e. The van der Waals surface area contributed by atoms with E-state index in [4.69, 9.17) is 0 Å². The fourth-order valence-corrected chi connectivity index (χ4v) is 4.37. The molecule has 1 aromatic heterocycles. The van der Waals surface area contributed by atoms with E-state index in [0.717, 1.165) is 24.1 Å². The summed E-state index contributed by atoms with van der Waals surface area (Å²) in [7, 11) is -2.15. The van der Waals surface area contributed by atoms with Crippen LogP contribution in [0.25, 0.3) is 0 Å². The van der Waals surface area contributed by atoms with Crippen LogP contribution in [0.3, 0.4) is 0 Å². The minimum atomic E-state index is -3.52. The molecule has 1 fully saturated rings. The second-order valence-electron chi connectivity index (χ2n) is 7.00. The van der Waals surface area contributed by atoms with E-state index in [2.05, 4.69) is 15.1 Å². The van der Waals surface area contributed by atoms with Crippen molar-refractivity contribution in [1.29, 1.82) is 0 Å². The Bertz CT molecular complexity index is 930. The number of hydrogen-bond donors (Lipinski definition) is 2. The minimum absolute atomic E-state index is 0.175. The second-order valence-corrected chi connectivity index (χ2v) is 8.89. The number of amides is 1. The summed E-state index contributed by atoms with van der Waals surface area (Å²) in [6.07, 6.45) is 6.24. The summed E-state index contributed by atoms with van der Waals surface area (Å²) in [4.78, 5) is 12.9. The van der Waals surface area contributed by atoms with Crippen molar-refractivity contribution in [3.05, 3.63) is 47.3 Å². The van der Waals surface area contributed by atoms with Crippen molar-refractivity contribution >= 4 is 15.9 Å². The Kier molecular flexibility index (Phi) is 5.67. The van der Waals surface area contributed by atoms with Crippen molar-refractivity contribution in [2.45, 2.75) is 56.5 Å². The number of sulfonamides is 1. The lowest BCUT2D eigenvalue weighted by atomic mass is 10.1. The highest BCUT2D eigenvalue weighted by molar-refractivity contribution is 7.89. The van der Waals surface area contributed by atoms with Crippen LogP contribution in [0.1, 0.15) is 66.3 Å². The van der Waals surface area contributed by atoms with Gasteiger partial charge >= 0.3 is 0 Å². The van der Waals surface area contributed by atoms with Gasteiger partial charge in [0.15, 0.2) is 0 Å². The topological polar surface area (TPSA) is 93.1 Å². The standard InChI is InChI=1S/C19H26N4O3S/c1-13(15-7-6-10-17(11-15)27(25,26)20-3)22-19(24)18-12-21-23(14(18)2)16-8-4-5-9-16/h6-7,10-13,16,20H,4-5,8-9H2,1-3H3,(H,22,24). The van der Waals surface area contributed by atoms with E-state index in [0.29, 0.717) is 11.6 Å². The molecular weight excluding hydrogens is 364 g/mol. The first-order chi connectivity index (χ1) is 12.8. The Balaban J connectivity index is 1.76. The Morgan fingerprint density at radius 3 is 2.67 bits per heavy atom. The first-order valence-electron chi connectivity index (χ1n) is 9.22. The normalized spacial score (nSPS) is 16.4. The van der Waals surface area contributed by atoms with Gasteiger partial charge < -0.3 is 5.32 Å². The zero-order valence-corrected chi connectivity index (χ0v) is 16.7. The molecule has 0 radical (unpaired) electrons. The maximum Gasteiger partial charge on any atom is 0.255 e. The highest BCUT2D eigenvalue weighted by atomic mass is 32.2. The van der Waals surface area contributed by atoms with Gasteiger partial charge in [0.25, 0.3) is 5.91 Å². The smallest absolute Gasteiger partial charge is 0.255 e. The monoisotopic (exact) mass is 390 g/mol. The largest absolute Gasteiger partial charge is 0.345 e.